The molecular weight excluding hydrogens is 304 g/mol. The summed E-state index contributed by atoms with van der Waals surface area (Å²) in [7, 11) is 0. The number of H-pyrrole nitrogens is 1. The second kappa shape index (κ2) is 6.59. The van der Waals surface area contributed by atoms with E-state index in [4.69, 9.17) is 0 Å². The van der Waals surface area contributed by atoms with Gasteiger partial charge in [-0.2, -0.15) is 5.10 Å². The van der Waals surface area contributed by atoms with Crippen molar-refractivity contribution in [2.24, 2.45) is 5.92 Å². The molecule has 2 N–H and O–H groups in total. The Morgan fingerprint density at radius 3 is 2.75 bits per heavy atom. The van der Waals surface area contributed by atoms with Gasteiger partial charge in [0.25, 0.3) is 0 Å². The molecule has 0 aromatic carbocycles. The minimum absolute atomic E-state index is 0.00240. The third-order valence-electron chi connectivity index (χ3n) is 4.26. The number of carbonyl (C=O) groups excluding carboxylic acids is 1. The zero-order chi connectivity index (χ0) is 17.2. The van der Waals surface area contributed by atoms with Gasteiger partial charge in [0.1, 0.15) is 0 Å². The molecular formula is C17H24N6O. The minimum atomic E-state index is -0.0858. The number of hydrogen-bond acceptors (Lipinski definition) is 5. The fourth-order valence-electron chi connectivity index (χ4n) is 2.83. The average molecular weight is 328 g/mol. The van der Waals surface area contributed by atoms with Gasteiger partial charge in [0, 0.05) is 42.7 Å². The molecule has 3 rings (SSSR count). The average Bonchev–Trinajstić information content (AvgIpc) is 3.05. The maximum atomic E-state index is 12.6. The van der Waals surface area contributed by atoms with Crippen molar-refractivity contribution in [2.45, 2.75) is 39.0 Å². The predicted octanol–water partition coefficient (Wildman–Crippen LogP) is 2.35. The molecule has 0 bridgehead atoms. The van der Waals surface area contributed by atoms with Crippen molar-refractivity contribution in [1.82, 2.24) is 20.2 Å². The summed E-state index contributed by atoms with van der Waals surface area (Å²) in [4.78, 5) is 23.2. The third-order valence-corrected chi connectivity index (χ3v) is 4.26. The van der Waals surface area contributed by atoms with Crippen molar-refractivity contribution in [1.29, 1.82) is 0 Å². The number of aromatic nitrogens is 4. The summed E-state index contributed by atoms with van der Waals surface area (Å²) >= 11 is 0. The van der Waals surface area contributed by atoms with Crippen molar-refractivity contribution in [3.05, 3.63) is 30.2 Å². The van der Waals surface area contributed by atoms with Crippen LogP contribution < -0.4 is 10.2 Å². The van der Waals surface area contributed by atoms with Crippen LogP contribution in [-0.2, 0) is 10.2 Å². The molecule has 3 heterocycles. The first-order valence-electron chi connectivity index (χ1n) is 8.32. The second-order valence-electron chi connectivity index (χ2n) is 7.24. The Hall–Kier alpha value is -2.44. The van der Waals surface area contributed by atoms with E-state index in [1.54, 1.807) is 18.5 Å². The Balaban J connectivity index is 1.63. The third kappa shape index (κ3) is 3.72. The van der Waals surface area contributed by atoms with Crippen LogP contribution in [-0.4, -0.2) is 39.2 Å². The summed E-state index contributed by atoms with van der Waals surface area (Å²) in [6.45, 7) is 7.82. The van der Waals surface area contributed by atoms with Gasteiger partial charge in [-0.15, -0.1) is 0 Å². The fourth-order valence-corrected chi connectivity index (χ4v) is 2.83. The molecule has 7 heteroatoms. The van der Waals surface area contributed by atoms with Crippen LogP contribution in [0.3, 0.4) is 0 Å². The number of amides is 1. The van der Waals surface area contributed by atoms with Gasteiger partial charge in [-0.3, -0.25) is 9.89 Å². The molecule has 1 atom stereocenters. The molecule has 2 aromatic rings. The van der Waals surface area contributed by atoms with Gasteiger partial charge in [0.15, 0.2) is 5.82 Å². The van der Waals surface area contributed by atoms with Gasteiger partial charge in [0.05, 0.1) is 5.92 Å². The molecule has 128 valence electrons. The van der Waals surface area contributed by atoms with Crippen molar-refractivity contribution in [3.8, 4) is 0 Å². The lowest BCUT2D eigenvalue weighted by Gasteiger charge is -2.31. The van der Waals surface area contributed by atoms with Crippen LogP contribution in [0.2, 0.25) is 0 Å². The lowest BCUT2D eigenvalue weighted by molar-refractivity contribution is -0.120. The summed E-state index contributed by atoms with van der Waals surface area (Å²) in [5.41, 5.74) is 0.975. The highest BCUT2D eigenvalue weighted by Gasteiger charge is 2.28. The molecule has 1 saturated heterocycles. The van der Waals surface area contributed by atoms with Crippen LogP contribution >= 0.6 is 0 Å². The fraction of sp³-hybridized carbons (Fsp3) is 0.529. The lowest BCUT2D eigenvalue weighted by atomic mass is 9.92. The van der Waals surface area contributed by atoms with Crippen LogP contribution in [0.1, 0.15) is 39.3 Å². The van der Waals surface area contributed by atoms with Gasteiger partial charge >= 0.3 is 0 Å². The smallest absolute Gasteiger partial charge is 0.230 e. The highest BCUT2D eigenvalue weighted by Crippen LogP contribution is 2.24. The maximum Gasteiger partial charge on any atom is 0.230 e. The zero-order valence-corrected chi connectivity index (χ0v) is 14.4. The first-order chi connectivity index (χ1) is 11.4. The molecule has 2 aromatic heterocycles. The maximum absolute atomic E-state index is 12.6. The van der Waals surface area contributed by atoms with Gasteiger partial charge in [-0.1, -0.05) is 20.8 Å². The second-order valence-corrected chi connectivity index (χ2v) is 7.24. The van der Waals surface area contributed by atoms with E-state index in [2.05, 4.69) is 51.2 Å². The van der Waals surface area contributed by atoms with Gasteiger partial charge in [-0.05, 0) is 18.9 Å². The van der Waals surface area contributed by atoms with E-state index in [0.717, 1.165) is 25.1 Å². The van der Waals surface area contributed by atoms with E-state index in [0.29, 0.717) is 18.3 Å². The van der Waals surface area contributed by atoms with E-state index < -0.39 is 0 Å². The quantitative estimate of drug-likeness (QED) is 0.903. The molecule has 1 fully saturated rings. The molecule has 1 amide bonds. The van der Waals surface area contributed by atoms with E-state index >= 15 is 0 Å². The van der Waals surface area contributed by atoms with Crippen molar-refractivity contribution < 1.29 is 4.79 Å². The Labute approximate surface area is 141 Å². The SMILES string of the molecule is CC(C)(C)c1cc(NC(=O)C2CCCN(c3ncccn3)C2)n[nH]1. The van der Waals surface area contributed by atoms with Crippen molar-refractivity contribution >= 4 is 17.7 Å². The summed E-state index contributed by atoms with van der Waals surface area (Å²) in [5, 5.41) is 10.1. The van der Waals surface area contributed by atoms with E-state index in [1.165, 1.54) is 0 Å². The predicted molar refractivity (Wildman–Crippen MR) is 92.9 cm³/mol. The number of rotatable bonds is 3. The largest absolute Gasteiger partial charge is 0.340 e. The van der Waals surface area contributed by atoms with Crippen LogP contribution in [0.4, 0.5) is 11.8 Å². The number of nitrogens with zero attached hydrogens (tertiary/aromatic N) is 4. The number of hydrogen-bond donors (Lipinski definition) is 2. The van der Waals surface area contributed by atoms with Crippen LogP contribution in [0, 0.1) is 5.92 Å². The molecule has 0 radical (unpaired) electrons. The number of piperidine rings is 1. The molecule has 1 aliphatic heterocycles. The van der Waals surface area contributed by atoms with E-state index in [-0.39, 0.29) is 17.2 Å². The van der Waals surface area contributed by atoms with E-state index in [9.17, 15) is 4.79 Å². The Bertz CT molecular complexity index is 691. The number of anilines is 2. The number of carbonyl (C=O) groups is 1. The summed E-state index contributed by atoms with van der Waals surface area (Å²) in [6, 6.07) is 3.70. The topological polar surface area (TPSA) is 86.8 Å². The lowest BCUT2D eigenvalue weighted by Crippen LogP contribution is -2.41. The monoisotopic (exact) mass is 328 g/mol. The highest BCUT2D eigenvalue weighted by molar-refractivity contribution is 5.92. The van der Waals surface area contributed by atoms with Gasteiger partial charge in [0.2, 0.25) is 11.9 Å². The highest BCUT2D eigenvalue weighted by atomic mass is 16.2. The zero-order valence-electron chi connectivity index (χ0n) is 14.4. The normalized spacial score (nSPS) is 18.5. The number of nitrogens with one attached hydrogen (secondary N) is 2. The van der Waals surface area contributed by atoms with Crippen LogP contribution in [0.5, 0.6) is 0 Å². The minimum Gasteiger partial charge on any atom is -0.340 e. The standard InChI is InChI=1S/C17H24N6O/c1-17(2,3)13-10-14(22-21-13)20-15(24)12-6-4-9-23(11-12)16-18-7-5-8-19-16/h5,7-8,10,12H,4,6,9,11H2,1-3H3,(H2,20,21,22,24). The summed E-state index contributed by atoms with van der Waals surface area (Å²) in [6.07, 6.45) is 5.27. The Morgan fingerprint density at radius 1 is 1.33 bits per heavy atom. The van der Waals surface area contributed by atoms with Crippen molar-refractivity contribution in [3.63, 3.8) is 0 Å². The van der Waals surface area contributed by atoms with Gasteiger partial charge < -0.3 is 10.2 Å². The molecule has 1 unspecified atom stereocenters. The van der Waals surface area contributed by atoms with E-state index in [1.807, 2.05) is 6.07 Å². The summed E-state index contributed by atoms with van der Waals surface area (Å²) in [5.74, 6) is 1.18. The molecule has 24 heavy (non-hydrogen) atoms. The first-order valence-corrected chi connectivity index (χ1v) is 8.32. The number of aromatic amines is 1. The summed E-state index contributed by atoms with van der Waals surface area (Å²) < 4.78 is 0. The van der Waals surface area contributed by atoms with Crippen LogP contribution in [0.15, 0.2) is 24.5 Å². The first kappa shape index (κ1) is 16.4. The molecule has 0 aliphatic carbocycles. The van der Waals surface area contributed by atoms with Gasteiger partial charge in [-0.25, -0.2) is 9.97 Å². The molecule has 1 aliphatic rings. The Kier molecular flexibility index (Phi) is 4.51. The van der Waals surface area contributed by atoms with Crippen molar-refractivity contribution in [2.75, 3.05) is 23.3 Å². The molecule has 0 saturated carbocycles. The Morgan fingerprint density at radius 2 is 2.08 bits per heavy atom. The molecule has 7 nitrogen and oxygen atoms in total. The molecule has 0 spiro atoms. The van der Waals surface area contributed by atoms with Crippen LogP contribution in [0.25, 0.3) is 0 Å².